The summed E-state index contributed by atoms with van der Waals surface area (Å²) >= 11 is 1.32. The molecule has 1 amide bonds. The third kappa shape index (κ3) is 2.68. The molecule has 1 aromatic rings. The molecule has 1 aromatic heterocycles. The van der Waals surface area contributed by atoms with E-state index in [9.17, 15) is 4.79 Å². The number of anilines is 2. The molecule has 1 aliphatic heterocycles. The van der Waals surface area contributed by atoms with Crippen molar-refractivity contribution in [1.82, 2.24) is 9.69 Å². The molecule has 3 N–H and O–H groups in total. The zero-order chi connectivity index (χ0) is 14.2. The van der Waals surface area contributed by atoms with Crippen LogP contribution in [0.2, 0.25) is 0 Å². The van der Waals surface area contributed by atoms with E-state index < -0.39 is 0 Å². The number of rotatable bonds is 2. The first kappa shape index (κ1) is 14.1. The molecule has 1 unspecified atom stereocenters. The molecule has 0 aromatic carbocycles. The van der Waals surface area contributed by atoms with Gasteiger partial charge < -0.3 is 16.0 Å². The summed E-state index contributed by atoms with van der Waals surface area (Å²) in [5, 5.41) is 3.54. The van der Waals surface area contributed by atoms with Gasteiger partial charge in [-0.1, -0.05) is 20.8 Å². The highest BCUT2D eigenvalue weighted by atomic mass is 32.1. The number of nitrogens with zero attached hydrogens (tertiary/aromatic N) is 2. The Labute approximate surface area is 118 Å². The van der Waals surface area contributed by atoms with Crippen molar-refractivity contribution in [2.75, 3.05) is 30.8 Å². The monoisotopic (exact) mass is 282 g/mol. The van der Waals surface area contributed by atoms with Crippen molar-refractivity contribution in [3.05, 3.63) is 5.56 Å². The van der Waals surface area contributed by atoms with E-state index in [1.807, 2.05) is 0 Å². The number of carbonyl (C=O) groups is 1. The number of aromatic nitrogens is 1. The van der Waals surface area contributed by atoms with E-state index in [2.05, 4.69) is 35.4 Å². The smallest absolute Gasteiger partial charge is 0.257 e. The number of carbonyl (C=O) groups excluding carboxylic acids is 1. The van der Waals surface area contributed by atoms with Crippen LogP contribution in [0.5, 0.6) is 0 Å². The summed E-state index contributed by atoms with van der Waals surface area (Å²) in [6, 6.07) is 0. The summed E-state index contributed by atoms with van der Waals surface area (Å²) in [6.45, 7) is 8.73. The van der Waals surface area contributed by atoms with Crippen LogP contribution in [0, 0.1) is 11.3 Å². The predicted molar refractivity (Wildman–Crippen MR) is 79.7 cm³/mol. The summed E-state index contributed by atoms with van der Waals surface area (Å²) in [6.07, 6.45) is 1.15. The fraction of sp³-hybridized carbons (Fsp3) is 0.692. The van der Waals surface area contributed by atoms with Crippen molar-refractivity contribution < 1.29 is 4.79 Å². The fourth-order valence-corrected chi connectivity index (χ4v) is 3.35. The number of hydrogen-bond acceptors (Lipinski definition) is 5. The molecule has 1 saturated heterocycles. The number of nitrogen functional groups attached to an aromatic ring is 1. The predicted octanol–water partition coefficient (Wildman–Crippen LogP) is 1.96. The topological polar surface area (TPSA) is 71.2 Å². The van der Waals surface area contributed by atoms with E-state index >= 15 is 0 Å². The van der Waals surface area contributed by atoms with Crippen LogP contribution in [0.1, 0.15) is 37.6 Å². The maximum atomic E-state index is 11.9. The lowest BCUT2D eigenvalue weighted by atomic mass is 9.80. The normalized spacial score (nSPS) is 19.8. The summed E-state index contributed by atoms with van der Waals surface area (Å²) in [5.41, 5.74) is 6.64. The molecule has 106 valence electrons. The van der Waals surface area contributed by atoms with E-state index in [1.165, 1.54) is 11.5 Å². The maximum absolute atomic E-state index is 11.9. The molecule has 0 radical (unpaired) electrons. The Morgan fingerprint density at radius 1 is 1.53 bits per heavy atom. The lowest BCUT2D eigenvalue weighted by Crippen LogP contribution is -2.27. The van der Waals surface area contributed by atoms with Gasteiger partial charge in [-0.2, -0.15) is 4.37 Å². The van der Waals surface area contributed by atoms with E-state index in [0.29, 0.717) is 17.3 Å². The van der Waals surface area contributed by atoms with Crippen LogP contribution >= 0.6 is 11.5 Å². The first-order valence-corrected chi connectivity index (χ1v) is 7.34. The third-order valence-electron chi connectivity index (χ3n) is 3.85. The minimum atomic E-state index is -0.152. The summed E-state index contributed by atoms with van der Waals surface area (Å²) in [5.74, 6) is 0.812. The minimum absolute atomic E-state index is 0.152. The van der Waals surface area contributed by atoms with Gasteiger partial charge in [0.15, 0.2) is 5.82 Å². The molecule has 0 aliphatic carbocycles. The third-order valence-corrected chi connectivity index (χ3v) is 4.78. The van der Waals surface area contributed by atoms with Crippen LogP contribution < -0.4 is 16.0 Å². The average molecular weight is 282 g/mol. The van der Waals surface area contributed by atoms with Gasteiger partial charge in [-0.05, 0) is 29.3 Å². The molecule has 5 nitrogen and oxygen atoms in total. The van der Waals surface area contributed by atoms with Gasteiger partial charge in [-0.3, -0.25) is 4.79 Å². The van der Waals surface area contributed by atoms with E-state index in [1.54, 1.807) is 7.05 Å². The average Bonchev–Trinajstić information content (AvgIpc) is 2.93. The first-order chi connectivity index (χ1) is 8.84. The molecule has 2 rings (SSSR count). The van der Waals surface area contributed by atoms with Crippen molar-refractivity contribution in [1.29, 1.82) is 0 Å². The highest BCUT2D eigenvalue weighted by molar-refractivity contribution is 7.11. The number of amides is 1. The van der Waals surface area contributed by atoms with Crippen LogP contribution in [0.3, 0.4) is 0 Å². The van der Waals surface area contributed by atoms with E-state index in [4.69, 9.17) is 5.73 Å². The Kier molecular flexibility index (Phi) is 3.71. The Balaban J connectivity index is 2.23. The number of nitrogens with two attached hydrogens (primary N) is 1. The Hall–Kier alpha value is -1.30. The fourth-order valence-electron chi connectivity index (χ4n) is 2.50. The molecule has 1 fully saturated rings. The number of hydrogen-bond donors (Lipinski definition) is 2. The second kappa shape index (κ2) is 5.00. The molecular formula is C13H22N4OS. The highest BCUT2D eigenvalue weighted by Gasteiger charge is 2.34. The zero-order valence-electron chi connectivity index (χ0n) is 12.0. The van der Waals surface area contributed by atoms with Gasteiger partial charge in [-0.25, -0.2) is 0 Å². The van der Waals surface area contributed by atoms with E-state index in [-0.39, 0.29) is 11.3 Å². The molecular weight excluding hydrogens is 260 g/mol. The Bertz CT molecular complexity index is 477. The van der Waals surface area contributed by atoms with Gasteiger partial charge in [0.05, 0.1) is 0 Å². The number of nitrogens with one attached hydrogen (secondary N) is 1. The first-order valence-electron chi connectivity index (χ1n) is 6.56. The van der Waals surface area contributed by atoms with Crippen molar-refractivity contribution in [3.63, 3.8) is 0 Å². The molecule has 0 saturated carbocycles. The van der Waals surface area contributed by atoms with Gasteiger partial charge >= 0.3 is 0 Å². The molecule has 0 bridgehead atoms. The van der Waals surface area contributed by atoms with E-state index in [0.717, 1.165) is 24.5 Å². The van der Waals surface area contributed by atoms with Crippen molar-refractivity contribution in [3.8, 4) is 0 Å². The molecule has 1 atom stereocenters. The largest absolute Gasteiger partial charge is 0.382 e. The second-order valence-electron chi connectivity index (χ2n) is 6.12. The molecule has 2 heterocycles. The van der Waals surface area contributed by atoms with Crippen molar-refractivity contribution >= 4 is 28.3 Å². The van der Waals surface area contributed by atoms with Gasteiger partial charge in [-0.15, -0.1) is 0 Å². The summed E-state index contributed by atoms with van der Waals surface area (Å²) in [4.78, 5) is 14.1. The molecule has 19 heavy (non-hydrogen) atoms. The highest BCUT2D eigenvalue weighted by Crippen LogP contribution is 2.39. The SMILES string of the molecule is CNC(=O)c1c(N)nsc1N1CCC(C(C)(C)C)C1. The van der Waals surface area contributed by atoms with Gasteiger partial charge in [0.2, 0.25) is 0 Å². The molecule has 1 aliphatic rings. The summed E-state index contributed by atoms with van der Waals surface area (Å²) in [7, 11) is 1.62. The van der Waals surface area contributed by atoms with Crippen LogP contribution in [-0.4, -0.2) is 30.4 Å². The van der Waals surface area contributed by atoms with Crippen molar-refractivity contribution in [2.24, 2.45) is 11.3 Å². The Morgan fingerprint density at radius 3 is 2.74 bits per heavy atom. The standard InChI is InChI=1S/C13H22N4OS/c1-13(2,3)8-5-6-17(7-8)12-9(11(18)15-4)10(14)16-19-12/h8H,5-7H2,1-4H3,(H2,14,16)(H,15,18). The van der Waals surface area contributed by atoms with Gasteiger partial charge in [0.1, 0.15) is 10.6 Å². The quantitative estimate of drug-likeness (QED) is 0.870. The Morgan fingerprint density at radius 2 is 2.21 bits per heavy atom. The lowest BCUT2D eigenvalue weighted by molar-refractivity contribution is 0.0964. The summed E-state index contributed by atoms with van der Waals surface area (Å²) < 4.78 is 4.13. The molecule has 6 heteroatoms. The van der Waals surface area contributed by atoms with Crippen LogP contribution in [0.25, 0.3) is 0 Å². The molecule has 0 spiro atoms. The maximum Gasteiger partial charge on any atom is 0.257 e. The van der Waals surface area contributed by atoms with Gasteiger partial charge in [0.25, 0.3) is 5.91 Å². The second-order valence-corrected chi connectivity index (χ2v) is 6.88. The zero-order valence-corrected chi connectivity index (χ0v) is 12.8. The lowest BCUT2D eigenvalue weighted by Gasteiger charge is -2.27. The van der Waals surface area contributed by atoms with Gasteiger partial charge in [0, 0.05) is 20.1 Å². The van der Waals surface area contributed by atoms with Crippen molar-refractivity contribution in [2.45, 2.75) is 27.2 Å². The van der Waals surface area contributed by atoms with Crippen LogP contribution in [-0.2, 0) is 0 Å². The van der Waals surface area contributed by atoms with Crippen LogP contribution in [0.15, 0.2) is 0 Å². The minimum Gasteiger partial charge on any atom is -0.382 e. The van der Waals surface area contributed by atoms with Crippen LogP contribution in [0.4, 0.5) is 10.8 Å².